The van der Waals surface area contributed by atoms with E-state index in [1.165, 1.54) is 6.07 Å². The highest BCUT2D eigenvalue weighted by Gasteiger charge is 2.30. The summed E-state index contributed by atoms with van der Waals surface area (Å²) < 4.78 is 39.5. The molecule has 0 aliphatic rings. The zero-order valence-corrected chi connectivity index (χ0v) is 10.8. The lowest BCUT2D eigenvalue weighted by Gasteiger charge is -2.07. The minimum absolute atomic E-state index is 0.474. The van der Waals surface area contributed by atoms with Gasteiger partial charge in [-0.05, 0) is 34.7 Å². The number of nitrogens with zero attached hydrogens (tertiary/aromatic N) is 3. The highest BCUT2D eigenvalue weighted by molar-refractivity contribution is 14.1. The Kier molecular flexibility index (Phi) is 3.11. The lowest BCUT2D eigenvalue weighted by atomic mass is 10.2. The molecule has 7 heteroatoms. The quantitative estimate of drug-likeness (QED) is 0.738. The van der Waals surface area contributed by atoms with Crippen LogP contribution < -0.4 is 0 Å². The Labute approximate surface area is 109 Å². The Morgan fingerprint density at radius 3 is 2.35 bits per heavy atom. The minimum Gasteiger partial charge on any atom is -0.265 e. The van der Waals surface area contributed by atoms with Crippen LogP contribution >= 0.6 is 22.6 Å². The molecule has 0 aliphatic heterocycles. The maximum atomic E-state index is 12.4. The highest BCUT2D eigenvalue weighted by atomic mass is 127. The van der Waals surface area contributed by atoms with Crippen molar-refractivity contribution >= 4 is 22.6 Å². The van der Waals surface area contributed by atoms with Crippen molar-refractivity contribution in [2.24, 2.45) is 7.05 Å². The lowest BCUT2D eigenvalue weighted by molar-refractivity contribution is -0.137. The van der Waals surface area contributed by atoms with E-state index in [1.54, 1.807) is 17.9 Å². The van der Waals surface area contributed by atoms with Gasteiger partial charge in [0.15, 0.2) is 0 Å². The molecule has 0 N–H and O–H groups in total. The van der Waals surface area contributed by atoms with Crippen molar-refractivity contribution in [3.05, 3.63) is 33.7 Å². The average molecular weight is 353 g/mol. The summed E-state index contributed by atoms with van der Waals surface area (Å²) in [5.74, 6) is 0. The number of rotatable bonds is 1. The van der Waals surface area contributed by atoms with Crippen LogP contribution in [0.2, 0.25) is 0 Å². The molecule has 3 nitrogen and oxygen atoms in total. The first kappa shape index (κ1) is 12.3. The summed E-state index contributed by atoms with van der Waals surface area (Å²) in [6.07, 6.45) is -1.89. The molecule has 2 rings (SSSR count). The van der Waals surface area contributed by atoms with Crippen molar-refractivity contribution in [1.29, 1.82) is 0 Å². The van der Waals surface area contributed by atoms with Gasteiger partial charge in [-0.2, -0.15) is 18.3 Å². The second-order valence-corrected chi connectivity index (χ2v) is 4.56. The fraction of sp³-hybridized carbons (Fsp3) is 0.200. The van der Waals surface area contributed by atoms with Crippen LogP contribution in [0, 0.1) is 3.57 Å². The van der Waals surface area contributed by atoms with Gasteiger partial charge in [-0.25, -0.2) is 0 Å². The van der Waals surface area contributed by atoms with Gasteiger partial charge >= 0.3 is 6.18 Å². The first-order chi connectivity index (χ1) is 7.89. The molecular weight excluding hydrogens is 346 g/mol. The molecule has 0 aromatic carbocycles. The highest BCUT2D eigenvalue weighted by Crippen LogP contribution is 2.30. The number of aromatic nitrogens is 3. The van der Waals surface area contributed by atoms with E-state index in [-0.39, 0.29) is 0 Å². The summed E-state index contributed by atoms with van der Waals surface area (Å²) in [6, 6.07) is 2.37. The van der Waals surface area contributed by atoms with Crippen molar-refractivity contribution in [2.45, 2.75) is 6.18 Å². The molecule has 0 aliphatic carbocycles. The first-order valence-electron chi connectivity index (χ1n) is 4.60. The molecule has 2 aromatic heterocycles. The van der Waals surface area contributed by atoms with Crippen molar-refractivity contribution in [3.8, 4) is 11.4 Å². The Morgan fingerprint density at radius 2 is 1.94 bits per heavy atom. The minimum atomic E-state index is -4.36. The molecule has 0 saturated carbocycles. The van der Waals surface area contributed by atoms with E-state index in [9.17, 15) is 13.2 Å². The standard InChI is InChI=1S/C10H7F3IN3/c1-17-9(7(14)5-16-17)8-3-2-6(4-15-8)10(11,12)13/h2-5H,1H3. The topological polar surface area (TPSA) is 30.7 Å². The van der Waals surface area contributed by atoms with E-state index in [1.807, 2.05) is 0 Å². The average Bonchev–Trinajstić information content (AvgIpc) is 2.58. The van der Waals surface area contributed by atoms with Crippen LogP contribution in [0.15, 0.2) is 24.5 Å². The molecule has 2 heterocycles. The summed E-state index contributed by atoms with van der Waals surface area (Å²) in [5.41, 5.74) is 0.431. The van der Waals surface area contributed by atoms with Gasteiger partial charge < -0.3 is 0 Å². The number of hydrogen-bond donors (Lipinski definition) is 0. The largest absolute Gasteiger partial charge is 0.417 e. The molecular formula is C10H7F3IN3. The maximum Gasteiger partial charge on any atom is 0.417 e. The summed E-state index contributed by atoms with van der Waals surface area (Å²) in [4.78, 5) is 3.82. The van der Waals surface area contributed by atoms with Crippen molar-refractivity contribution < 1.29 is 13.2 Å². The van der Waals surface area contributed by atoms with Gasteiger partial charge in [0.25, 0.3) is 0 Å². The molecule has 0 fully saturated rings. The molecule has 2 aromatic rings. The number of hydrogen-bond acceptors (Lipinski definition) is 2. The van der Waals surface area contributed by atoms with E-state index in [4.69, 9.17) is 0 Å². The Balaban J connectivity index is 2.43. The van der Waals surface area contributed by atoms with Crippen molar-refractivity contribution in [2.75, 3.05) is 0 Å². The third kappa shape index (κ3) is 2.43. The molecule has 0 unspecified atom stereocenters. The van der Waals surface area contributed by atoms with Crippen LogP contribution in [-0.4, -0.2) is 14.8 Å². The zero-order valence-electron chi connectivity index (χ0n) is 8.66. The van der Waals surface area contributed by atoms with Gasteiger partial charge in [0.1, 0.15) is 0 Å². The molecule has 0 bridgehead atoms. The van der Waals surface area contributed by atoms with Gasteiger partial charge in [-0.3, -0.25) is 9.67 Å². The van der Waals surface area contributed by atoms with Crippen molar-refractivity contribution in [3.63, 3.8) is 0 Å². The molecule has 0 spiro atoms. The summed E-state index contributed by atoms with van der Waals surface area (Å²) in [5, 5.41) is 4.01. The lowest BCUT2D eigenvalue weighted by Crippen LogP contribution is -2.05. The van der Waals surface area contributed by atoms with E-state index < -0.39 is 11.7 Å². The summed E-state index contributed by atoms with van der Waals surface area (Å²) >= 11 is 2.06. The molecule has 17 heavy (non-hydrogen) atoms. The van der Waals surface area contributed by atoms with Crippen LogP contribution in [0.3, 0.4) is 0 Å². The normalized spacial score (nSPS) is 11.8. The first-order valence-corrected chi connectivity index (χ1v) is 5.68. The van der Waals surface area contributed by atoms with E-state index in [2.05, 4.69) is 32.7 Å². The fourth-order valence-electron chi connectivity index (χ4n) is 1.40. The zero-order chi connectivity index (χ0) is 12.6. The molecule has 90 valence electrons. The predicted octanol–water partition coefficient (Wildman–Crippen LogP) is 3.11. The maximum absolute atomic E-state index is 12.4. The van der Waals surface area contributed by atoms with Crippen LogP contribution in [-0.2, 0) is 13.2 Å². The van der Waals surface area contributed by atoms with Crippen LogP contribution in [0.5, 0.6) is 0 Å². The second kappa shape index (κ2) is 4.28. The van der Waals surface area contributed by atoms with Gasteiger partial charge in [0.2, 0.25) is 0 Å². The van der Waals surface area contributed by atoms with Crippen LogP contribution in [0.4, 0.5) is 13.2 Å². The number of aryl methyl sites for hydroxylation is 1. The van der Waals surface area contributed by atoms with Crippen LogP contribution in [0.1, 0.15) is 5.56 Å². The van der Waals surface area contributed by atoms with Gasteiger partial charge in [-0.1, -0.05) is 0 Å². The third-order valence-electron chi connectivity index (χ3n) is 2.23. The fourth-order valence-corrected chi connectivity index (χ4v) is 2.15. The number of halogens is 4. The van der Waals surface area contributed by atoms with E-state index in [0.29, 0.717) is 11.4 Å². The van der Waals surface area contributed by atoms with E-state index >= 15 is 0 Å². The predicted molar refractivity (Wildman–Crippen MR) is 64.2 cm³/mol. The monoisotopic (exact) mass is 353 g/mol. The molecule has 0 atom stereocenters. The van der Waals surface area contributed by atoms with Gasteiger partial charge in [-0.15, -0.1) is 0 Å². The number of pyridine rings is 1. The smallest absolute Gasteiger partial charge is 0.265 e. The van der Waals surface area contributed by atoms with E-state index in [0.717, 1.165) is 15.8 Å². The molecule has 0 radical (unpaired) electrons. The third-order valence-corrected chi connectivity index (χ3v) is 3.02. The second-order valence-electron chi connectivity index (χ2n) is 3.39. The summed E-state index contributed by atoms with van der Waals surface area (Å²) in [7, 11) is 1.72. The van der Waals surface area contributed by atoms with Crippen molar-refractivity contribution in [1.82, 2.24) is 14.8 Å². The Bertz CT molecular complexity index is 511. The van der Waals surface area contributed by atoms with Gasteiger partial charge in [0, 0.05) is 13.2 Å². The number of alkyl halides is 3. The van der Waals surface area contributed by atoms with Gasteiger partial charge in [0.05, 0.1) is 26.7 Å². The molecule has 0 amide bonds. The van der Waals surface area contributed by atoms with Crippen LogP contribution in [0.25, 0.3) is 11.4 Å². The molecule has 0 saturated heterocycles. The summed E-state index contributed by atoms with van der Waals surface area (Å²) in [6.45, 7) is 0. The Morgan fingerprint density at radius 1 is 1.24 bits per heavy atom. The Hall–Kier alpha value is -1.12. The SMILES string of the molecule is Cn1ncc(I)c1-c1ccc(C(F)(F)F)cn1.